The van der Waals surface area contributed by atoms with E-state index in [0.717, 1.165) is 5.56 Å². The number of carbonyl (C=O) groups is 1. The van der Waals surface area contributed by atoms with Gasteiger partial charge in [0.05, 0.1) is 12.5 Å². The number of hydrogen-bond acceptors (Lipinski definition) is 5. The Labute approximate surface area is 181 Å². The molecule has 32 heavy (non-hydrogen) atoms. The van der Waals surface area contributed by atoms with Crippen LogP contribution in [0.1, 0.15) is 21.7 Å². The first-order valence-corrected chi connectivity index (χ1v) is 9.91. The van der Waals surface area contributed by atoms with Crippen molar-refractivity contribution < 1.29 is 22.8 Å². The van der Waals surface area contributed by atoms with E-state index >= 15 is 0 Å². The van der Waals surface area contributed by atoms with E-state index in [9.17, 15) is 14.0 Å². The van der Waals surface area contributed by atoms with Crippen LogP contribution in [0.25, 0.3) is 33.1 Å². The Bertz CT molecular complexity index is 1580. The number of methoxy groups -OCH3 is 1. The fourth-order valence-corrected chi connectivity index (χ4v) is 3.94. The van der Waals surface area contributed by atoms with Gasteiger partial charge in [0, 0.05) is 22.6 Å². The van der Waals surface area contributed by atoms with Crippen molar-refractivity contribution in [2.75, 3.05) is 7.11 Å². The molecule has 0 amide bonds. The third-order valence-electron chi connectivity index (χ3n) is 5.42. The molecule has 6 heteroatoms. The molecule has 2 heterocycles. The molecule has 2 aromatic heterocycles. The molecule has 0 aliphatic rings. The van der Waals surface area contributed by atoms with Crippen LogP contribution in [-0.2, 0) is 0 Å². The van der Waals surface area contributed by atoms with Gasteiger partial charge in [-0.1, -0.05) is 24.3 Å². The van der Waals surface area contributed by atoms with Gasteiger partial charge in [-0.15, -0.1) is 0 Å². The SMILES string of the molecule is COc1cccc(C(=O)c2oc3ccc4c(C)cc(=O)oc4c3c2-c2cccc(F)c2)c1. The largest absolute Gasteiger partial charge is 0.497 e. The molecule has 158 valence electrons. The fourth-order valence-electron chi connectivity index (χ4n) is 3.94. The number of furan rings is 1. The maximum atomic E-state index is 14.2. The maximum absolute atomic E-state index is 14.2. The van der Waals surface area contributed by atoms with Gasteiger partial charge < -0.3 is 13.6 Å². The molecule has 3 aromatic carbocycles. The van der Waals surface area contributed by atoms with Gasteiger partial charge in [0.15, 0.2) is 5.76 Å². The van der Waals surface area contributed by atoms with Crippen molar-refractivity contribution in [3.8, 4) is 16.9 Å². The molecule has 0 unspecified atom stereocenters. The molecule has 0 fully saturated rings. The van der Waals surface area contributed by atoms with Crippen molar-refractivity contribution in [3.05, 3.63) is 99.9 Å². The summed E-state index contributed by atoms with van der Waals surface area (Å²) in [6.07, 6.45) is 0. The summed E-state index contributed by atoms with van der Waals surface area (Å²) in [7, 11) is 1.51. The zero-order valence-electron chi connectivity index (χ0n) is 17.3. The van der Waals surface area contributed by atoms with E-state index in [4.69, 9.17) is 13.6 Å². The van der Waals surface area contributed by atoms with Crippen molar-refractivity contribution in [3.63, 3.8) is 0 Å². The first-order chi connectivity index (χ1) is 15.5. The second-order valence-corrected chi connectivity index (χ2v) is 7.44. The zero-order valence-corrected chi connectivity index (χ0v) is 17.3. The lowest BCUT2D eigenvalue weighted by Gasteiger charge is -2.06. The smallest absolute Gasteiger partial charge is 0.336 e. The molecule has 0 spiro atoms. The summed E-state index contributed by atoms with van der Waals surface area (Å²) >= 11 is 0. The number of hydrogen-bond donors (Lipinski definition) is 0. The number of carbonyl (C=O) groups excluding carboxylic acids is 1. The van der Waals surface area contributed by atoms with E-state index in [2.05, 4.69) is 0 Å². The summed E-state index contributed by atoms with van der Waals surface area (Å²) < 4.78 is 30.9. The molecule has 0 atom stereocenters. The number of benzene rings is 3. The monoisotopic (exact) mass is 428 g/mol. The third kappa shape index (κ3) is 3.17. The standard InChI is InChI=1S/C26H17FO5/c1-14-11-21(28)32-25-19(14)9-10-20-23(25)22(15-5-3-7-17(27)12-15)26(31-20)24(29)16-6-4-8-18(13-16)30-2/h3-13H,1-2H3. The van der Waals surface area contributed by atoms with E-state index in [1.54, 1.807) is 55.5 Å². The highest BCUT2D eigenvalue weighted by atomic mass is 19.1. The van der Waals surface area contributed by atoms with E-state index in [-0.39, 0.29) is 5.76 Å². The lowest BCUT2D eigenvalue weighted by atomic mass is 9.96. The van der Waals surface area contributed by atoms with Gasteiger partial charge in [0.2, 0.25) is 5.78 Å². The lowest BCUT2D eigenvalue weighted by Crippen LogP contribution is -2.02. The summed E-state index contributed by atoms with van der Waals surface area (Å²) in [6, 6.07) is 17.4. The molecule has 5 rings (SSSR count). The van der Waals surface area contributed by atoms with Crippen molar-refractivity contribution in [1.29, 1.82) is 0 Å². The van der Waals surface area contributed by atoms with E-state index in [0.29, 0.717) is 44.4 Å². The molecule has 0 aliphatic carbocycles. The van der Waals surface area contributed by atoms with Gasteiger partial charge in [-0.2, -0.15) is 0 Å². The van der Waals surface area contributed by atoms with Gasteiger partial charge in [0.25, 0.3) is 0 Å². The number of ether oxygens (including phenoxy) is 1. The minimum atomic E-state index is -0.519. The highest BCUT2D eigenvalue weighted by molar-refractivity contribution is 6.20. The summed E-state index contributed by atoms with van der Waals surface area (Å²) in [6.45, 7) is 1.80. The molecule has 0 N–H and O–H groups in total. The minimum absolute atomic E-state index is 0.0236. The normalized spacial score (nSPS) is 11.2. The van der Waals surface area contributed by atoms with Crippen LogP contribution in [0, 0.1) is 12.7 Å². The lowest BCUT2D eigenvalue weighted by molar-refractivity contribution is 0.101. The highest BCUT2D eigenvalue weighted by Crippen LogP contribution is 2.40. The van der Waals surface area contributed by atoms with Crippen LogP contribution < -0.4 is 10.4 Å². The summed E-state index contributed by atoms with van der Waals surface area (Å²) in [5.41, 5.74) is 2.01. The summed E-state index contributed by atoms with van der Waals surface area (Å²) in [5, 5.41) is 1.15. The second-order valence-electron chi connectivity index (χ2n) is 7.44. The van der Waals surface area contributed by atoms with Crippen LogP contribution in [0.2, 0.25) is 0 Å². The van der Waals surface area contributed by atoms with Crippen LogP contribution in [0.15, 0.2) is 80.4 Å². The van der Waals surface area contributed by atoms with Crippen molar-refractivity contribution >= 4 is 27.7 Å². The summed E-state index contributed by atoms with van der Waals surface area (Å²) in [5.74, 6) is -0.321. The molecule has 5 nitrogen and oxygen atoms in total. The van der Waals surface area contributed by atoms with E-state index in [1.807, 2.05) is 0 Å². The van der Waals surface area contributed by atoms with E-state index < -0.39 is 17.2 Å². The third-order valence-corrected chi connectivity index (χ3v) is 5.42. The van der Waals surface area contributed by atoms with Gasteiger partial charge in [-0.05, 0) is 54.4 Å². The predicted octanol–water partition coefficient (Wildman–Crippen LogP) is 5.89. The Morgan fingerprint density at radius 1 is 0.969 bits per heavy atom. The Hall–Kier alpha value is -4.19. The second kappa shape index (κ2) is 7.50. The minimum Gasteiger partial charge on any atom is -0.497 e. The highest BCUT2D eigenvalue weighted by Gasteiger charge is 2.26. The van der Waals surface area contributed by atoms with Crippen LogP contribution in [0.5, 0.6) is 5.75 Å². The Morgan fingerprint density at radius 3 is 2.56 bits per heavy atom. The maximum Gasteiger partial charge on any atom is 0.336 e. The zero-order chi connectivity index (χ0) is 22.4. The van der Waals surface area contributed by atoms with Crippen LogP contribution in [0.3, 0.4) is 0 Å². The van der Waals surface area contributed by atoms with Crippen molar-refractivity contribution in [2.45, 2.75) is 6.92 Å². The Balaban J connectivity index is 1.89. The van der Waals surface area contributed by atoms with Crippen LogP contribution in [-0.4, -0.2) is 12.9 Å². The number of rotatable bonds is 4. The molecular weight excluding hydrogens is 411 g/mol. The molecule has 0 bridgehead atoms. The predicted molar refractivity (Wildman–Crippen MR) is 119 cm³/mol. The first-order valence-electron chi connectivity index (χ1n) is 9.91. The van der Waals surface area contributed by atoms with Crippen molar-refractivity contribution in [2.24, 2.45) is 0 Å². The molecule has 0 saturated heterocycles. The Kier molecular flexibility index (Phi) is 4.63. The van der Waals surface area contributed by atoms with Gasteiger partial charge in [0.1, 0.15) is 22.7 Å². The van der Waals surface area contributed by atoms with Gasteiger partial charge in [-0.25, -0.2) is 9.18 Å². The van der Waals surface area contributed by atoms with Gasteiger partial charge in [-0.3, -0.25) is 4.79 Å². The number of fused-ring (bicyclic) bond motifs is 3. The molecule has 5 aromatic rings. The van der Waals surface area contributed by atoms with Crippen LogP contribution in [0.4, 0.5) is 4.39 Å². The average Bonchev–Trinajstić information content (AvgIpc) is 3.18. The summed E-state index contributed by atoms with van der Waals surface area (Å²) in [4.78, 5) is 25.6. The van der Waals surface area contributed by atoms with Crippen LogP contribution >= 0.6 is 0 Å². The number of aryl methyl sites for hydroxylation is 1. The molecule has 0 radical (unpaired) electrons. The number of ketones is 1. The average molecular weight is 428 g/mol. The fraction of sp³-hybridized carbons (Fsp3) is 0.0769. The topological polar surface area (TPSA) is 69.7 Å². The molecule has 0 aliphatic heterocycles. The first kappa shape index (κ1) is 19.8. The van der Waals surface area contributed by atoms with Gasteiger partial charge >= 0.3 is 5.63 Å². The quantitative estimate of drug-likeness (QED) is 0.264. The Morgan fingerprint density at radius 2 is 1.78 bits per heavy atom. The molecule has 0 saturated carbocycles. The number of halogens is 1. The van der Waals surface area contributed by atoms with Crippen molar-refractivity contribution in [1.82, 2.24) is 0 Å². The molecular formula is C26H17FO5. The van der Waals surface area contributed by atoms with E-state index in [1.165, 1.54) is 25.3 Å².